The lowest BCUT2D eigenvalue weighted by molar-refractivity contribution is 0.0638. The quantitative estimate of drug-likeness (QED) is 0.149. The Morgan fingerprint density at radius 3 is 2.74 bits per heavy atom. The number of hydrogen-bond donors (Lipinski definition) is 2. The van der Waals surface area contributed by atoms with E-state index >= 15 is 0 Å². The Kier molecular flexibility index (Phi) is 8.08. The lowest BCUT2D eigenvalue weighted by atomic mass is 9.98. The molecule has 0 fully saturated rings. The Morgan fingerprint density at radius 2 is 1.88 bits per heavy atom. The van der Waals surface area contributed by atoms with Crippen LogP contribution in [0.1, 0.15) is 47.7 Å². The number of carboxylic acids is 1. The van der Waals surface area contributed by atoms with Crippen molar-refractivity contribution >= 4 is 27.6 Å². The van der Waals surface area contributed by atoms with Crippen LogP contribution < -0.4 is 4.74 Å². The fourth-order valence-corrected chi connectivity index (χ4v) is 5.79. The van der Waals surface area contributed by atoms with Crippen LogP contribution in [0.15, 0.2) is 72.8 Å². The standard InChI is InChI=1S/C34H35N3O5/c1-22(2)42-21-29-31-27-14-8-13-25-26(15-9-19-41-30-16-7-11-23-10-3-4-12-24(23)30)33(34(38)39)37(32(25)27)17-5-6-18-40-20-28(31)35-36-29/h3-8,10-14,16,22H,9,15,17-21H2,1-2H3,(H,35,36)(H,38,39)/b6-5-. The fourth-order valence-electron chi connectivity index (χ4n) is 5.79. The van der Waals surface area contributed by atoms with Crippen LogP contribution in [-0.4, -0.2) is 45.2 Å². The predicted octanol–water partition coefficient (Wildman–Crippen LogP) is 6.91. The number of carbonyl (C=O) groups is 1. The highest BCUT2D eigenvalue weighted by Gasteiger charge is 2.27. The molecule has 42 heavy (non-hydrogen) atoms. The van der Waals surface area contributed by atoms with E-state index < -0.39 is 5.97 Å². The van der Waals surface area contributed by atoms with E-state index in [9.17, 15) is 9.90 Å². The minimum absolute atomic E-state index is 0.0431. The van der Waals surface area contributed by atoms with Gasteiger partial charge < -0.3 is 23.9 Å². The molecule has 0 saturated carbocycles. The summed E-state index contributed by atoms with van der Waals surface area (Å²) in [6, 6.07) is 20.2. The molecular formula is C34H35N3O5. The van der Waals surface area contributed by atoms with Gasteiger partial charge in [-0.3, -0.25) is 5.10 Å². The van der Waals surface area contributed by atoms with Crippen LogP contribution in [0, 0.1) is 0 Å². The van der Waals surface area contributed by atoms with E-state index in [-0.39, 0.29) is 6.10 Å². The van der Waals surface area contributed by atoms with Gasteiger partial charge in [0.15, 0.2) is 0 Å². The van der Waals surface area contributed by atoms with Gasteiger partial charge in [-0.1, -0.05) is 66.7 Å². The first-order valence-corrected chi connectivity index (χ1v) is 14.4. The van der Waals surface area contributed by atoms with E-state index in [1.165, 1.54) is 0 Å². The number of para-hydroxylation sites is 1. The van der Waals surface area contributed by atoms with Crippen molar-refractivity contribution < 1.29 is 24.1 Å². The van der Waals surface area contributed by atoms with E-state index in [4.69, 9.17) is 14.2 Å². The zero-order valence-electron chi connectivity index (χ0n) is 23.9. The van der Waals surface area contributed by atoms with Crippen molar-refractivity contribution in [2.45, 2.75) is 52.6 Å². The first-order valence-electron chi connectivity index (χ1n) is 14.4. The van der Waals surface area contributed by atoms with Crippen LogP contribution >= 0.6 is 0 Å². The molecule has 2 N–H and O–H groups in total. The molecule has 0 aliphatic carbocycles. The Morgan fingerprint density at radius 1 is 1.07 bits per heavy atom. The summed E-state index contributed by atoms with van der Waals surface area (Å²) in [7, 11) is 0. The highest BCUT2D eigenvalue weighted by atomic mass is 16.5. The number of aromatic carboxylic acids is 1. The second-order valence-corrected chi connectivity index (χ2v) is 10.7. The number of benzene rings is 3. The van der Waals surface area contributed by atoms with Crippen LogP contribution in [0.25, 0.3) is 32.8 Å². The third-order valence-electron chi connectivity index (χ3n) is 7.62. The summed E-state index contributed by atoms with van der Waals surface area (Å²) in [5.74, 6) is -0.112. The first-order chi connectivity index (χ1) is 20.5. The number of carboxylic acid groups (broad SMARTS) is 1. The molecule has 0 amide bonds. The van der Waals surface area contributed by atoms with E-state index in [0.717, 1.165) is 55.5 Å². The molecule has 3 heterocycles. The minimum Gasteiger partial charge on any atom is -0.493 e. The Labute approximate surface area is 244 Å². The summed E-state index contributed by atoms with van der Waals surface area (Å²) in [5.41, 5.74) is 5.43. The number of rotatable bonds is 9. The summed E-state index contributed by atoms with van der Waals surface area (Å²) in [6.45, 7) is 5.98. The SMILES string of the molecule is CC(C)OCc1n[nH]c2c1-c1cccc3c(CCCOc4cccc5ccccc45)c(C(=O)O)n(c13)C/C=C\COC2. The number of nitrogens with one attached hydrogen (secondary N) is 1. The Balaban J connectivity index is 1.39. The normalized spacial score (nSPS) is 14.2. The molecule has 8 nitrogen and oxygen atoms in total. The molecule has 2 aromatic heterocycles. The van der Waals surface area contributed by atoms with E-state index in [2.05, 4.69) is 28.4 Å². The predicted molar refractivity (Wildman–Crippen MR) is 163 cm³/mol. The third kappa shape index (κ3) is 5.43. The molecular weight excluding hydrogens is 530 g/mol. The second-order valence-electron chi connectivity index (χ2n) is 10.7. The van der Waals surface area contributed by atoms with Gasteiger partial charge in [0.25, 0.3) is 0 Å². The second kappa shape index (κ2) is 12.2. The lowest BCUT2D eigenvalue weighted by Gasteiger charge is -2.12. The molecule has 0 radical (unpaired) electrons. The van der Waals surface area contributed by atoms with Gasteiger partial charge in [0.1, 0.15) is 11.4 Å². The lowest BCUT2D eigenvalue weighted by Crippen LogP contribution is -2.11. The smallest absolute Gasteiger partial charge is 0.352 e. The van der Waals surface area contributed by atoms with Crippen molar-refractivity contribution in [3.8, 4) is 16.9 Å². The summed E-state index contributed by atoms with van der Waals surface area (Å²) >= 11 is 0. The van der Waals surface area contributed by atoms with Gasteiger partial charge in [-0.15, -0.1) is 0 Å². The molecule has 3 aromatic carbocycles. The maximum atomic E-state index is 12.8. The number of ether oxygens (including phenoxy) is 3. The number of nitrogens with zero attached hydrogens (tertiary/aromatic N) is 2. The number of aryl methyl sites for hydroxylation is 1. The number of allylic oxidation sites excluding steroid dienone is 1. The number of fused-ring (bicyclic) bond motifs is 3. The maximum absolute atomic E-state index is 12.8. The summed E-state index contributed by atoms with van der Waals surface area (Å²) in [5, 5.41) is 21.4. The van der Waals surface area contributed by atoms with Gasteiger partial charge in [0.05, 0.1) is 49.4 Å². The molecule has 8 heteroatoms. The summed E-state index contributed by atoms with van der Waals surface area (Å²) in [4.78, 5) is 12.8. The minimum atomic E-state index is -0.947. The highest BCUT2D eigenvalue weighted by molar-refractivity contribution is 6.04. The van der Waals surface area contributed by atoms with Crippen molar-refractivity contribution in [3.63, 3.8) is 0 Å². The van der Waals surface area contributed by atoms with Gasteiger partial charge in [-0.2, -0.15) is 5.10 Å². The molecule has 0 unspecified atom stereocenters. The first kappa shape index (κ1) is 27.8. The van der Waals surface area contributed by atoms with Crippen LogP contribution in [0.5, 0.6) is 5.75 Å². The zero-order valence-corrected chi connectivity index (χ0v) is 23.9. The molecule has 0 bridgehead atoms. The van der Waals surface area contributed by atoms with Gasteiger partial charge in [-0.05, 0) is 43.7 Å². The molecule has 0 saturated heterocycles. The van der Waals surface area contributed by atoms with Crippen LogP contribution in [-0.2, 0) is 35.7 Å². The summed E-state index contributed by atoms with van der Waals surface area (Å²) in [6.07, 6.45) is 5.18. The Bertz CT molecular complexity index is 1760. The zero-order chi connectivity index (χ0) is 29.1. The molecule has 216 valence electrons. The third-order valence-corrected chi connectivity index (χ3v) is 7.62. The Hall–Kier alpha value is -4.40. The molecule has 1 aliphatic rings. The number of H-pyrrole nitrogens is 1. The highest BCUT2D eigenvalue weighted by Crippen LogP contribution is 2.38. The average Bonchev–Trinajstić information content (AvgIpc) is 3.53. The van der Waals surface area contributed by atoms with E-state index in [0.29, 0.717) is 51.5 Å². The molecule has 6 rings (SSSR count). The monoisotopic (exact) mass is 565 g/mol. The van der Waals surface area contributed by atoms with Gasteiger partial charge in [0, 0.05) is 28.4 Å². The number of hydrogen-bond acceptors (Lipinski definition) is 5. The van der Waals surface area contributed by atoms with Crippen LogP contribution in [0.4, 0.5) is 0 Å². The maximum Gasteiger partial charge on any atom is 0.352 e. The van der Waals surface area contributed by atoms with Crippen molar-refractivity contribution in [3.05, 3.63) is 95.5 Å². The van der Waals surface area contributed by atoms with E-state index in [1.807, 2.05) is 73.0 Å². The topological polar surface area (TPSA) is 98.6 Å². The van der Waals surface area contributed by atoms with E-state index in [1.54, 1.807) is 0 Å². The number of aromatic amines is 1. The van der Waals surface area contributed by atoms with Crippen molar-refractivity contribution in [1.82, 2.24) is 14.8 Å². The fraction of sp³-hybridized carbons (Fsp3) is 0.294. The van der Waals surface area contributed by atoms with Crippen molar-refractivity contribution in [1.29, 1.82) is 0 Å². The number of aromatic nitrogens is 3. The van der Waals surface area contributed by atoms with Crippen molar-refractivity contribution in [2.24, 2.45) is 0 Å². The summed E-state index contributed by atoms with van der Waals surface area (Å²) < 4.78 is 19.9. The molecule has 5 aromatic rings. The van der Waals surface area contributed by atoms with Crippen LogP contribution in [0.2, 0.25) is 0 Å². The molecule has 0 atom stereocenters. The largest absolute Gasteiger partial charge is 0.493 e. The van der Waals surface area contributed by atoms with Crippen molar-refractivity contribution in [2.75, 3.05) is 13.2 Å². The van der Waals surface area contributed by atoms with Gasteiger partial charge in [0.2, 0.25) is 0 Å². The average molecular weight is 566 g/mol. The van der Waals surface area contributed by atoms with Gasteiger partial charge in [-0.25, -0.2) is 4.79 Å². The molecule has 0 spiro atoms. The van der Waals surface area contributed by atoms with Crippen LogP contribution in [0.3, 0.4) is 0 Å². The molecule has 1 aliphatic heterocycles. The van der Waals surface area contributed by atoms with Gasteiger partial charge >= 0.3 is 5.97 Å².